The van der Waals surface area contributed by atoms with Gasteiger partial charge in [0.2, 0.25) is 0 Å². The number of hydrogen-bond donors (Lipinski definition) is 1. The van der Waals surface area contributed by atoms with Gasteiger partial charge in [-0.2, -0.15) is 11.8 Å². The Morgan fingerprint density at radius 1 is 1.38 bits per heavy atom. The molecule has 0 spiro atoms. The number of nitro benzene ring substituents is 1. The van der Waals surface area contributed by atoms with Crippen LogP contribution in [0.5, 0.6) is 0 Å². The van der Waals surface area contributed by atoms with E-state index in [2.05, 4.69) is 24.3 Å². The number of non-ortho nitro benzene ring substituents is 1. The Balaban J connectivity index is 1.61. The number of carbonyl (C=O) groups is 1. The van der Waals surface area contributed by atoms with Crippen LogP contribution in [0, 0.1) is 22.0 Å². The summed E-state index contributed by atoms with van der Waals surface area (Å²) in [6.45, 7) is 4.53. The predicted octanol–water partition coefficient (Wildman–Crippen LogP) is 6.00. The summed E-state index contributed by atoms with van der Waals surface area (Å²) in [6, 6.07) is 5.76. The molecule has 0 bridgehead atoms. The van der Waals surface area contributed by atoms with Gasteiger partial charge in [0.25, 0.3) is 5.69 Å². The molecule has 29 heavy (non-hydrogen) atoms. The fourth-order valence-electron chi connectivity index (χ4n) is 3.42. The number of anilines is 1. The Bertz CT molecular complexity index is 777. The van der Waals surface area contributed by atoms with Gasteiger partial charge in [-0.1, -0.05) is 24.6 Å². The van der Waals surface area contributed by atoms with Gasteiger partial charge in [0.1, 0.15) is 0 Å². The molecule has 0 heterocycles. The molecular weight excluding hydrogens is 390 g/mol. The summed E-state index contributed by atoms with van der Waals surface area (Å²) in [6.07, 6.45) is 7.24. The molecular formula is C21H29N3O4S. The SMILES string of the molecule is CCCCSC(C)(CC(=NOC(=O)Nc1cccc([N+](=O)[O-])c1)C1CC1)C1CC1. The van der Waals surface area contributed by atoms with E-state index in [0.29, 0.717) is 17.5 Å². The van der Waals surface area contributed by atoms with Gasteiger partial charge in [-0.3, -0.25) is 20.3 Å². The number of unbranched alkanes of at least 4 members (excludes halogenated alkanes) is 1. The monoisotopic (exact) mass is 419 g/mol. The molecule has 2 fully saturated rings. The molecule has 1 atom stereocenters. The molecule has 8 heteroatoms. The second kappa shape index (κ2) is 9.61. The largest absolute Gasteiger partial charge is 0.437 e. The Morgan fingerprint density at radius 2 is 2.14 bits per heavy atom. The quantitative estimate of drug-likeness (QED) is 0.156. The molecule has 158 valence electrons. The molecule has 3 rings (SSSR count). The first-order valence-corrected chi connectivity index (χ1v) is 11.3. The van der Waals surface area contributed by atoms with Gasteiger partial charge < -0.3 is 0 Å². The Morgan fingerprint density at radius 3 is 2.76 bits per heavy atom. The summed E-state index contributed by atoms with van der Waals surface area (Å²) < 4.78 is 0.149. The van der Waals surface area contributed by atoms with E-state index >= 15 is 0 Å². The molecule has 2 saturated carbocycles. The highest BCUT2D eigenvalue weighted by molar-refractivity contribution is 8.00. The van der Waals surface area contributed by atoms with Crippen LogP contribution in [0.15, 0.2) is 29.4 Å². The first-order chi connectivity index (χ1) is 13.9. The Hall–Kier alpha value is -2.09. The van der Waals surface area contributed by atoms with Crippen molar-refractivity contribution in [3.63, 3.8) is 0 Å². The lowest BCUT2D eigenvalue weighted by Gasteiger charge is -2.29. The minimum Gasteiger partial charge on any atom is -0.298 e. The zero-order valence-corrected chi connectivity index (χ0v) is 17.9. The van der Waals surface area contributed by atoms with Crippen molar-refractivity contribution in [3.8, 4) is 0 Å². The van der Waals surface area contributed by atoms with Gasteiger partial charge in [-0.25, -0.2) is 4.79 Å². The van der Waals surface area contributed by atoms with Gasteiger partial charge in [0, 0.05) is 29.2 Å². The van der Waals surface area contributed by atoms with Crippen molar-refractivity contribution in [2.45, 2.75) is 63.5 Å². The second-order valence-electron chi connectivity index (χ2n) is 8.13. The summed E-state index contributed by atoms with van der Waals surface area (Å²) in [5.41, 5.74) is 1.19. The average Bonchev–Trinajstić information content (AvgIpc) is 3.57. The van der Waals surface area contributed by atoms with Crippen molar-refractivity contribution in [1.82, 2.24) is 0 Å². The molecule has 1 aromatic carbocycles. The summed E-state index contributed by atoms with van der Waals surface area (Å²) in [5, 5.41) is 17.6. The summed E-state index contributed by atoms with van der Waals surface area (Å²) in [7, 11) is 0. The van der Waals surface area contributed by atoms with E-state index in [1.165, 1.54) is 43.9 Å². The van der Waals surface area contributed by atoms with E-state index in [9.17, 15) is 14.9 Å². The van der Waals surface area contributed by atoms with E-state index in [1.54, 1.807) is 6.07 Å². The normalized spacial score (nSPS) is 18.8. The fraction of sp³-hybridized carbons (Fsp3) is 0.619. The van der Waals surface area contributed by atoms with Crippen LogP contribution in [0.1, 0.15) is 58.8 Å². The molecule has 0 radical (unpaired) electrons. The van der Waals surface area contributed by atoms with Crippen LogP contribution >= 0.6 is 11.8 Å². The van der Waals surface area contributed by atoms with E-state index in [1.807, 2.05) is 11.8 Å². The molecule has 2 aliphatic rings. The maximum atomic E-state index is 12.1. The van der Waals surface area contributed by atoms with Crippen LogP contribution in [0.4, 0.5) is 16.2 Å². The van der Waals surface area contributed by atoms with Crippen molar-refractivity contribution in [1.29, 1.82) is 0 Å². The topological polar surface area (TPSA) is 93.8 Å². The molecule has 1 amide bonds. The first-order valence-electron chi connectivity index (χ1n) is 10.3. The number of nitrogens with zero attached hydrogens (tertiary/aromatic N) is 2. The summed E-state index contributed by atoms with van der Waals surface area (Å²) in [5.74, 6) is 2.27. The number of hydrogen-bond acceptors (Lipinski definition) is 6. The van der Waals surface area contributed by atoms with Crippen molar-refractivity contribution < 1.29 is 14.6 Å². The van der Waals surface area contributed by atoms with Crippen molar-refractivity contribution in [3.05, 3.63) is 34.4 Å². The number of benzene rings is 1. The van der Waals surface area contributed by atoms with Crippen LogP contribution in [0.3, 0.4) is 0 Å². The third-order valence-corrected chi connectivity index (χ3v) is 7.13. The summed E-state index contributed by atoms with van der Waals surface area (Å²) in [4.78, 5) is 27.6. The predicted molar refractivity (Wildman–Crippen MR) is 116 cm³/mol. The van der Waals surface area contributed by atoms with Crippen molar-refractivity contribution in [2.75, 3.05) is 11.1 Å². The van der Waals surface area contributed by atoms with E-state index in [4.69, 9.17) is 4.84 Å². The molecule has 0 aromatic heterocycles. The number of carbonyl (C=O) groups excluding carboxylic acids is 1. The average molecular weight is 420 g/mol. The van der Waals surface area contributed by atoms with E-state index in [0.717, 1.165) is 30.7 Å². The Labute approximate surface area is 175 Å². The van der Waals surface area contributed by atoms with Gasteiger partial charge in [-0.15, -0.1) is 0 Å². The van der Waals surface area contributed by atoms with E-state index in [-0.39, 0.29) is 10.4 Å². The van der Waals surface area contributed by atoms with E-state index < -0.39 is 11.0 Å². The molecule has 1 aromatic rings. The molecule has 2 aliphatic carbocycles. The summed E-state index contributed by atoms with van der Waals surface area (Å²) >= 11 is 2.03. The van der Waals surface area contributed by atoms with Crippen molar-refractivity contribution >= 4 is 34.9 Å². The maximum Gasteiger partial charge on any atom is 0.437 e. The number of oxime groups is 1. The van der Waals surface area contributed by atoms with Crippen LogP contribution in [0.25, 0.3) is 0 Å². The zero-order chi connectivity index (χ0) is 20.9. The van der Waals surface area contributed by atoms with Crippen LogP contribution in [0.2, 0.25) is 0 Å². The molecule has 1 unspecified atom stereocenters. The molecule has 1 N–H and O–H groups in total. The standard InChI is InChI=1S/C21H29N3O4S/c1-3-4-12-29-21(2,16-10-11-16)14-19(15-8-9-15)23-28-20(25)22-17-6-5-7-18(13-17)24(26)27/h5-7,13,15-16H,3-4,8-12,14H2,1-2H3,(H,22,25). The number of thioether (sulfide) groups is 1. The lowest BCUT2D eigenvalue weighted by Crippen LogP contribution is -2.29. The number of nitro groups is 1. The molecule has 0 aliphatic heterocycles. The van der Waals surface area contributed by atoms with Crippen LogP contribution in [-0.4, -0.2) is 27.2 Å². The highest BCUT2D eigenvalue weighted by atomic mass is 32.2. The third kappa shape index (κ3) is 6.45. The number of rotatable bonds is 11. The number of nitrogens with one attached hydrogen (secondary N) is 1. The van der Waals surface area contributed by atoms with Crippen LogP contribution < -0.4 is 5.32 Å². The van der Waals surface area contributed by atoms with Gasteiger partial charge >= 0.3 is 6.09 Å². The minimum absolute atomic E-state index is 0.0886. The van der Waals surface area contributed by atoms with Gasteiger partial charge in [0.15, 0.2) is 0 Å². The smallest absolute Gasteiger partial charge is 0.298 e. The molecule has 7 nitrogen and oxygen atoms in total. The highest BCUT2D eigenvalue weighted by Gasteiger charge is 2.44. The fourth-order valence-corrected chi connectivity index (χ4v) is 5.04. The lowest BCUT2D eigenvalue weighted by atomic mass is 9.96. The Kier molecular flexibility index (Phi) is 7.16. The first kappa shape index (κ1) is 21.6. The maximum absolute atomic E-state index is 12.1. The minimum atomic E-state index is -0.726. The number of amides is 1. The zero-order valence-electron chi connectivity index (χ0n) is 17.1. The highest BCUT2D eigenvalue weighted by Crippen LogP contribution is 2.51. The molecule has 0 saturated heterocycles. The van der Waals surface area contributed by atoms with Gasteiger partial charge in [0.05, 0.1) is 16.3 Å². The van der Waals surface area contributed by atoms with Crippen molar-refractivity contribution in [2.24, 2.45) is 17.0 Å². The van der Waals surface area contributed by atoms with Gasteiger partial charge in [-0.05, 0) is 56.8 Å². The second-order valence-corrected chi connectivity index (χ2v) is 9.76. The lowest BCUT2D eigenvalue weighted by molar-refractivity contribution is -0.384. The van der Waals surface area contributed by atoms with Crippen LogP contribution in [-0.2, 0) is 4.84 Å². The third-order valence-electron chi connectivity index (χ3n) is 5.50.